The van der Waals surface area contributed by atoms with Gasteiger partial charge in [0.15, 0.2) is 0 Å². The lowest BCUT2D eigenvalue weighted by atomic mass is 10.1. The van der Waals surface area contributed by atoms with Crippen molar-refractivity contribution in [2.24, 2.45) is 0 Å². The third-order valence-corrected chi connectivity index (χ3v) is 5.02. The molecule has 0 aliphatic carbocycles. The smallest absolute Gasteiger partial charge is 0.254 e. The van der Waals surface area contributed by atoms with Gasteiger partial charge in [-0.1, -0.05) is 24.3 Å². The number of hydrogen-bond acceptors (Lipinski definition) is 3. The van der Waals surface area contributed by atoms with E-state index in [4.69, 9.17) is 0 Å². The Kier molecular flexibility index (Phi) is 6.44. The van der Waals surface area contributed by atoms with Crippen LogP contribution in [0.1, 0.15) is 35.3 Å². The highest BCUT2D eigenvalue weighted by atomic mass is 32.2. The van der Waals surface area contributed by atoms with Crippen LogP contribution in [-0.4, -0.2) is 20.4 Å². The van der Waals surface area contributed by atoms with Crippen LogP contribution in [-0.2, 0) is 22.3 Å². The van der Waals surface area contributed by atoms with Crippen molar-refractivity contribution in [2.45, 2.75) is 32.2 Å². The Morgan fingerprint density at radius 2 is 1.73 bits per heavy atom. The van der Waals surface area contributed by atoms with Crippen molar-refractivity contribution in [2.75, 3.05) is 0 Å². The predicted octanol–water partition coefficient (Wildman–Crippen LogP) is 2.72. The first kappa shape index (κ1) is 20.0. The zero-order valence-electron chi connectivity index (χ0n) is 14.4. The quantitative estimate of drug-likeness (QED) is 0.773. The number of carbonyl (C=O) groups is 1. The van der Waals surface area contributed by atoms with Crippen LogP contribution in [0.3, 0.4) is 0 Å². The summed E-state index contributed by atoms with van der Waals surface area (Å²) >= 11 is 0. The summed E-state index contributed by atoms with van der Waals surface area (Å²) in [5.74, 6) is -2.67. The molecule has 2 rings (SSSR count). The summed E-state index contributed by atoms with van der Waals surface area (Å²) in [6, 6.07) is 9.21. The van der Waals surface area contributed by atoms with Crippen LogP contribution in [0.4, 0.5) is 8.78 Å². The molecule has 0 heterocycles. The number of benzene rings is 2. The molecule has 1 amide bonds. The Morgan fingerprint density at radius 1 is 1.08 bits per heavy atom. The molecule has 0 aromatic heterocycles. The van der Waals surface area contributed by atoms with Gasteiger partial charge in [0, 0.05) is 18.7 Å². The second-order valence-electron chi connectivity index (χ2n) is 6.11. The Balaban J connectivity index is 2.12. The van der Waals surface area contributed by atoms with E-state index in [1.54, 1.807) is 38.1 Å². The molecular weight excluding hydrogens is 362 g/mol. The minimum absolute atomic E-state index is 0.0169. The van der Waals surface area contributed by atoms with Gasteiger partial charge in [-0.2, -0.15) is 0 Å². The fraction of sp³-hybridized carbons (Fsp3) is 0.278. The number of rotatable bonds is 7. The van der Waals surface area contributed by atoms with E-state index in [1.165, 1.54) is 0 Å². The number of carbonyl (C=O) groups excluding carboxylic acids is 1. The van der Waals surface area contributed by atoms with Gasteiger partial charge in [-0.3, -0.25) is 4.79 Å². The first-order chi connectivity index (χ1) is 12.2. The van der Waals surface area contributed by atoms with E-state index in [0.717, 1.165) is 12.1 Å². The van der Waals surface area contributed by atoms with Crippen LogP contribution in [0.2, 0.25) is 0 Å². The van der Waals surface area contributed by atoms with Crippen molar-refractivity contribution in [3.8, 4) is 0 Å². The number of hydrogen-bond donors (Lipinski definition) is 2. The molecule has 2 aromatic carbocycles. The molecule has 0 radical (unpaired) electrons. The maximum absolute atomic E-state index is 13.7. The van der Waals surface area contributed by atoms with Crippen molar-refractivity contribution in [1.29, 1.82) is 0 Å². The first-order valence-corrected chi connectivity index (χ1v) is 9.63. The summed E-state index contributed by atoms with van der Waals surface area (Å²) < 4.78 is 53.3. The summed E-state index contributed by atoms with van der Waals surface area (Å²) in [6.45, 7) is 3.46. The normalized spacial score (nSPS) is 11.6. The van der Waals surface area contributed by atoms with E-state index in [2.05, 4.69) is 10.0 Å². The van der Waals surface area contributed by atoms with Gasteiger partial charge < -0.3 is 5.32 Å². The standard InChI is InChI=1S/C18H20F2N2O3S/c1-12(2)22-26(24,25)11-14-6-4-3-5-13(14)10-21-18(23)16-8-7-15(19)9-17(16)20/h3-9,12,22H,10-11H2,1-2H3,(H,21,23). The van der Waals surface area contributed by atoms with Gasteiger partial charge in [-0.15, -0.1) is 0 Å². The van der Waals surface area contributed by atoms with E-state index in [9.17, 15) is 22.0 Å². The summed E-state index contributed by atoms with van der Waals surface area (Å²) in [6.07, 6.45) is 0. The molecule has 0 saturated heterocycles. The molecule has 26 heavy (non-hydrogen) atoms. The fourth-order valence-corrected chi connectivity index (χ4v) is 3.91. The monoisotopic (exact) mass is 382 g/mol. The van der Waals surface area contributed by atoms with Crippen LogP contribution < -0.4 is 10.0 Å². The lowest BCUT2D eigenvalue weighted by Gasteiger charge is -2.13. The molecule has 0 saturated carbocycles. The predicted molar refractivity (Wildman–Crippen MR) is 94.9 cm³/mol. The molecule has 2 N–H and O–H groups in total. The third kappa shape index (κ3) is 5.60. The van der Waals surface area contributed by atoms with Gasteiger partial charge in [0.1, 0.15) is 11.6 Å². The second kappa shape index (κ2) is 8.37. The molecule has 140 valence electrons. The summed E-state index contributed by atoms with van der Waals surface area (Å²) in [5, 5.41) is 2.53. The van der Waals surface area contributed by atoms with E-state index in [-0.39, 0.29) is 23.9 Å². The molecule has 5 nitrogen and oxygen atoms in total. The molecule has 0 unspecified atom stereocenters. The van der Waals surface area contributed by atoms with E-state index in [1.807, 2.05) is 0 Å². The van der Waals surface area contributed by atoms with Gasteiger partial charge in [0.25, 0.3) is 5.91 Å². The average Bonchev–Trinajstić information content (AvgIpc) is 2.52. The van der Waals surface area contributed by atoms with Gasteiger partial charge >= 0.3 is 0 Å². The van der Waals surface area contributed by atoms with E-state index < -0.39 is 27.6 Å². The maximum Gasteiger partial charge on any atom is 0.254 e. The highest BCUT2D eigenvalue weighted by Gasteiger charge is 2.17. The average molecular weight is 382 g/mol. The third-order valence-electron chi connectivity index (χ3n) is 3.49. The minimum atomic E-state index is -3.52. The molecular formula is C18H20F2N2O3S. The second-order valence-corrected chi connectivity index (χ2v) is 7.86. The summed E-state index contributed by atoms with van der Waals surface area (Å²) in [4.78, 5) is 12.1. The van der Waals surface area contributed by atoms with E-state index >= 15 is 0 Å². The van der Waals surface area contributed by atoms with Crippen LogP contribution in [0.5, 0.6) is 0 Å². The Morgan fingerprint density at radius 3 is 2.35 bits per heavy atom. The van der Waals surface area contributed by atoms with Gasteiger partial charge in [-0.05, 0) is 37.1 Å². The van der Waals surface area contributed by atoms with Gasteiger partial charge in [0.2, 0.25) is 10.0 Å². The largest absolute Gasteiger partial charge is 0.348 e. The van der Waals surface area contributed by atoms with Crippen molar-refractivity contribution in [3.05, 3.63) is 70.8 Å². The fourth-order valence-electron chi connectivity index (χ4n) is 2.42. The molecule has 8 heteroatoms. The summed E-state index contributed by atoms with van der Waals surface area (Å²) in [7, 11) is -3.52. The number of nitrogens with one attached hydrogen (secondary N) is 2. The Bertz CT molecular complexity index is 899. The Labute approximate surface area is 151 Å². The molecule has 0 atom stereocenters. The maximum atomic E-state index is 13.7. The van der Waals surface area contributed by atoms with Crippen molar-refractivity contribution >= 4 is 15.9 Å². The minimum Gasteiger partial charge on any atom is -0.348 e. The van der Waals surface area contributed by atoms with Crippen LogP contribution >= 0.6 is 0 Å². The highest BCUT2D eigenvalue weighted by Crippen LogP contribution is 2.14. The number of amides is 1. The highest BCUT2D eigenvalue weighted by molar-refractivity contribution is 7.88. The topological polar surface area (TPSA) is 75.3 Å². The zero-order valence-corrected chi connectivity index (χ0v) is 15.2. The zero-order chi connectivity index (χ0) is 19.3. The van der Waals surface area contributed by atoms with Crippen LogP contribution in [0.15, 0.2) is 42.5 Å². The Hall–Kier alpha value is -2.32. The lowest BCUT2D eigenvalue weighted by molar-refractivity contribution is 0.0946. The summed E-state index contributed by atoms with van der Waals surface area (Å²) in [5.41, 5.74) is 0.844. The first-order valence-electron chi connectivity index (χ1n) is 7.98. The van der Waals surface area contributed by atoms with Gasteiger partial charge in [0.05, 0.1) is 11.3 Å². The van der Waals surface area contributed by atoms with Crippen molar-refractivity contribution in [1.82, 2.24) is 10.0 Å². The van der Waals surface area contributed by atoms with Crippen molar-refractivity contribution < 1.29 is 22.0 Å². The number of halogens is 2. The van der Waals surface area contributed by atoms with E-state index in [0.29, 0.717) is 17.2 Å². The molecule has 0 aliphatic heterocycles. The van der Waals surface area contributed by atoms with Crippen LogP contribution in [0, 0.1) is 11.6 Å². The lowest BCUT2D eigenvalue weighted by Crippen LogP contribution is -2.32. The molecule has 2 aromatic rings. The van der Waals surface area contributed by atoms with Crippen molar-refractivity contribution in [3.63, 3.8) is 0 Å². The molecule has 0 bridgehead atoms. The number of sulfonamides is 1. The van der Waals surface area contributed by atoms with Gasteiger partial charge in [-0.25, -0.2) is 21.9 Å². The molecule has 0 spiro atoms. The van der Waals surface area contributed by atoms with Crippen LogP contribution in [0.25, 0.3) is 0 Å². The SMILES string of the molecule is CC(C)NS(=O)(=O)Cc1ccccc1CNC(=O)c1ccc(F)cc1F. The molecule has 0 aliphatic rings. The molecule has 0 fully saturated rings.